The van der Waals surface area contributed by atoms with Gasteiger partial charge in [0.2, 0.25) is 5.91 Å². The van der Waals surface area contributed by atoms with E-state index in [9.17, 15) is 14.4 Å². The summed E-state index contributed by atoms with van der Waals surface area (Å²) < 4.78 is 5.06. The minimum atomic E-state index is -0.343. The van der Waals surface area contributed by atoms with Gasteiger partial charge in [-0.2, -0.15) is 0 Å². The molecule has 3 rings (SSSR count). The molecular formula is C24H24N2O4S. The summed E-state index contributed by atoms with van der Waals surface area (Å²) in [4.78, 5) is 41.9. The van der Waals surface area contributed by atoms with E-state index in [4.69, 9.17) is 4.74 Å². The highest BCUT2D eigenvalue weighted by Crippen LogP contribution is 2.32. The molecule has 2 aromatic carbocycles. The van der Waals surface area contributed by atoms with E-state index in [0.717, 1.165) is 16.0 Å². The van der Waals surface area contributed by atoms with Crippen LogP contribution in [0.3, 0.4) is 0 Å². The molecule has 31 heavy (non-hydrogen) atoms. The van der Waals surface area contributed by atoms with E-state index in [1.807, 2.05) is 49.4 Å². The van der Waals surface area contributed by atoms with Gasteiger partial charge in [-0.05, 0) is 13.8 Å². The van der Waals surface area contributed by atoms with Crippen LogP contribution in [0.25, 0.3) is 11.3 Å². The van der Waals surface area contributed by atoms with Crippen LogP contribution >= 0.6 is 11.3 Å². The second-order valence-corrected chi connectivity index (χ2v) is 8.06. The smallest absolute Gasteiger partial charge is 0.311 e. The fourth-order valence-corrected chi connectivity index (χ4v) is 3.97. The first-order valence-corrected chi connectivity index (χ1v) is 10.9. The van der Waals surface area contributed by atoms with Gasteiger partial charge in [0.25, 0.3) is 0 Å². The first kappa shape index (κ1) is 22.4. The third kappa shape index (κ3) is 6.33. The molecule has 6 nitrogen and oxygen atoms in total. The van der Waals surface area contributed by atoms with Crippen LogP contribution in [-0.2, 0) is 20.7 Å². The van der Waals surface area contributed by atoms with E-state index in [0.29, 0.717) is 23.0 Å². The molecule has 0 bridgehead atoms. The number of benzene rings is 2. The molecule has 0 aliphatic rings. The number of hydrogen-bond acceptors (Lipinski definition) is 6. The average molecular weight is 437 g/mol. The Labute approximate surface area is 185 Å². The standard InChI is InChI=1S/C24H24N2O4S/c1-3-30-22(29)15-20-23(18-7-5-4-6-8-18)26-24(31-20)25-21(28)14-13-19(27)17-11-9-16(2)10-12-17/h4-12H,3,13-15H2,1-2H3,(H,25,26,28). The first-order chi connectivity index (χ1) is 15.0. The van der Waals surface area contributed by atoms with Crippen LogP contribution in [0.4, 0.5) is 5.13 Å². The van der Waals surface area contributed by atoms with E-state index in [2.05, 4.69) is 10.3 Å². The number of rotatable bonds is 9. The number of amides is 1. The van der Waals surface area contributed by atoms with Crippen LogP contribution in [-0.4, -0.2) is 29.3 Å². The maximum atomic E-state index is 12.4. The maximum absolute atomic E-state index is 12.4. The molecular weight excluding hydrogens is 412 g/mol. The molecule has 0 aliphatic heterocycles. The van der Waals surface area contributed by atoms with Gasteiger partial charge in [0.05, 0.1) is 18.7 Å². The summed E-state index contributed by atoms with van der Waals surface area (Å²) in [5, 5.41) is 3.15. The third-order valence-corrected chi connectivity index (χ3v) is 5.52. The zero-order valence-corrected chi connectivity index (χ0v) is 18.3. The maximum Gasteiger partial charge on any atom is 0.311 e. The van der Waals surface area contributed by atoms with Crippen molar-refractivity contribution in [2.75, 3.05) is 11.9 Å². The number of nitrogens with zero attached hydrogens (tertiary/aromatic N) is 1. The molecule has 0 atom stereocenters. The second-order valence-electron chi connectivity index (χ2n) is 6.98. The molecule has 7 heteroatoms. The van der Waals surface area contributed by atoms with Crippen LogP contribution in [0.15, 0.2) is 54.6 Å². The fraction of sp³-hybridized carbons (Fsp3) is 0.250. The Morgan fingerprint density at radius 1 is 1.00 bits per heavy atom. The van der Waals surface area contributed by atoms with Gasteiger partial charge in [-0.1, -0.05) is 60.2 Å². The van der Waals surface area contributed by atoms with E-state index in [1.54, 1.807) is 19.1 Å². The predicted octanol–water partition coefficient (Wildman–Crippen LogP) is 4.83. The van der Waals surface area contributed by atoms with Crippen LogP contribution < -0.4 is 5.32 Å². The van der Waals surface area contributed by atoms with Crippen molar-refractivity contribution in [1.29, 1.82) is 0 Å². The molecule has 0 fully saturated rings. The number of aryl methyl sites for hydroxylation is 1. The van der Waals surface area contributed by atoms with Crippen molar-refractivity contribution < 1.29 is 19.1 Å². The molecule has 1 heterocycles. The lowest BCUT2D eigenvalue weighted by Gasteiger charge is -2.03. The summed E-state index contributed by atoms with van der Waals surface area (Å²) in [6.07, 6.45) is 0.249. The normalized spacial score (nSPS) is 10.5. The Morgan fingerprint density at radius 2 is 1.71 bits per heavy atom. The number of esters is 1. The first-order valence-electron chi connectivity index (χ1n) is 10.1. The van der Waals surface area contributed by atoms with Gasteiger partial charge in [-0.15, -0.1) is 11.3 Å². The van der Waals surface area contributed by atoms with Gasteiger partial charge in [-0.25, -0.2) is 4.98 Å². The molecule has 1 aromatic heterocycles. The molecule has 0 unspecified atom stereocenters. The van der Waals surface area contributed by atoms with Crippen molar-refractivity contribution in [2.24, 2.45) is 0 Å². The lowest BCUT2D eigenvalue weighted by Crippen LogP contribution is -2.13. The third-order valence-electron chi connectivity index (χ3n) is 4.55. The highest BCUT2D eigenvalue weighted by Gasteiger charge is 2.18. The minimum Gasteiger partial charge on any atom is -0.466 e. The molecule has 160 valence electrons. The topological polar surface area (TPSA) is 85.4 Å². The number of thiazole rings is 1. The SMILES string of the molecule is CCOC(=O)Cc1sc(NC(=O)CCC(=O)c2ccc(C)cc2)nc1-c1ccccc1. The zero-order valence-electron chi connectivity index (χ0n) is 17.5. The summed E-state index contributed by atoms with van der Waals surface area (Å²) in [7, 11) is 0. The van der Waals surface area contributed by atoms with E-state index in [1.165, 1.54) is 11.3 Å². The van der Waals surface area contributed by atoms with E-state index < -0.39 is 0 Å². The Morgan fingerprint density at radius 3 is 2.39 bits per heavy atom. The van der Waals surface area contributed by atoms with Crippen molar-refractivity contribution in [2.45, 2.75) is 33.1 Å². The number of carbonyl (C=O) groups excluding carboxylic acids is 3. The zero-order chi connectivity index (χ0) is 22.2. The molecule has 0 spiro atoms. The van der Waals surface area contributed by atoms with Gasteiger partial charge in [0, 0.05) is 28.8 Å². The van der Waals surface area contributed by atoms with Crippen LogP contribution in [0.5, 0.6) is 0 Å². The molecule has 3 aromatic rings. The molecule has 1 amide bonds. The van der Waals surface area contributed by atoms with E-state index in [-0.39, 0.29) is 36.9 Å². The van der Waals surface area contributed by atoms with Crippen LogP contribution in [0.2, 0.25) is 0 Å². The number of carbonyl (C=O) groups is 3. The van der Waals surface area contributed by atoms with Crippen LogP contribution in [0.1, 0.15) is 40.6 Å². The molecule has 0 saturated carbocycles. The summed E-state index contributed by atoms with van der Waals surface area (Å²) >= 11 is 1.24. The largest absolute Gasteiger partial charge is 0.466 e. The van der Waals surface area contributed by atoms with Crippen molar-refractivity contribution in [3.63, 3.8) is 0 Å². The number of ether oxygens (including phenoxy) is 1. The minimum absolute atomic E-state index is 0.0557. The molecule has 0 aliphatic carbocycles. The predicted molar refractivity (Wildman–Crippen MR) is 121 cm³/mol. The van der Waals surface area contributed by atoms with E-state index >= 15 is 0 Å². The average Bonchev–Trinajstić information content (AvgIpc) is 3.15. The Hall–Kier alpha value is -3.32. The number of aromatic nitrogens is 1. The van der Waals surface area contributed by atoms with Crippen molar-refractivity contribution >= 4 is 34.1 Å². The van der Waals surface area contributed by atoms with Crippen molar-refractivity contribution in [3.8, 4) is 11.3 Å². The Bertz CT molecular complexity index is 1060. The lowest BCUT2D eigenvalue weighted by atomic mass is 10.1. The summed E-state index contributed by atoms with van der Waals surface area (Å²) in [5.41, 5.74) is 3.17. The van der Waals surface area contributed by atoms with Gasteiger partial charge < -0.3 is 10.1 Å². The van der Waals surface area contributed by atoms with Gasteiger partial charge >= 0.3 is 5.97 Å². The molecule has 0 saturated heterocycles. The highest BCUT2D eigenvalue weighted by molar-refractivity contribution is 7.16. The number of Topliss-reactive ketones (excluding diaryl/α,β-unsaturated/α-hetero) is 1. The number of hydrogen-bond donors (Lipinski definition) is 1. The highest BCUT2D eigenvalue weighted by atomic mass is 32.1. The summed E-state index contributed by atoms with van der Waals surface area (Å²) in [6, 6.07) is 16.8. The fourth-order valence-electron chi connectivity index (χ4n) is 2.98. The van der Waals surface area contributed by atoms with Gasteiger partial charge in [0.1, 0.15) is 0 Å². The van der Waals surface area contributed by atoms with Crippen molar-refractivity contribution in [1.82, 2.24) is 4.98 Å². The Kier molecular flexibility index (Phi) is 7.67. The number of nitrogens with one attached hydrogen (secondary N) is 1. The quantitative estimate of drug-likeness (QED) is 0.384. The molecule has 1 N–H and O–H groups in total. The van der Waals surface area contributed by atoms with Gasteiger partial charge in [-0.3, -0.25) is 14.4 Å². The van der Waals surface area contributed by atoms with Crippen LogP contribution in [0, 0.1) is 6.92 Å². The van der Waals surface area contributed by atoms with Crippen molar-refractivity contribution in [3.05, 3.63) is 70.6 Å². The summed E-state index contributed by atoms with van der Waals surface area (Å²) in [5.74, 6) is -0.719. The monoisotopic (exact) mass is 436 g/mol. The lowest BCUT2D eigenvalue weighted by molar-refractivity contribution is -0.142. The molecule has 0 radical (unpaired) electrons. The number of ketones is 1. The second kappa shape index (κ2) is 10.6. The summed E-state index contributed by atoms with van der Waals surface area (Å²) in [6.45, 7) is 4.01. The number of anilines is 1. The Balaban J connectivity index is 1.68. The van der Waals surface area contributed by atoms with Gasteiger partial charge in [0.15, 0.2) is 10.9 Å².